The summed E-state index contributed by atoms with van der Waals surface area (Å²) < 4.78 is 27.7. The van der Waals surface area contributed by atoms with E-state index in [4.69, 9.17) is 5.73 Å². The molecule has 3 rings (SSSR count). The van der Waals surface area contributed by atoms with Crippen LogP contribution in [0.5, 0.6) is 0 Å². The van der Waals surface area contributed by atoms with Gasteiger partial charge in [-0.3, -0.25) is 10.3 Å². The average Bonchev–Trinajstić information content (AvgIpc) is 2.89. The van der Waals surface area contributed by atoms with Gasteiger partial charge in [0.1, 0.15) is 11.6 Å². The van der Waals surface area contributed by atoms with E-state index < -0.39 is 0 Å². The molecule has 0 atom stereocenters. The van der Waals surface area contributed by atoms with Gasteiger partial charge in [-0.05, 0) is 54.0 Å². The Bertz CT molecular complexity index is 841. The normalized spacial score (nSPS) is 15.6. The monoisotopic (exact) mass is 403 g/mol. The first-order valence-corrected chi connectivity index (χ1v) is 9.52. The van der Waals surface area contributed by atoms with Crippen LogP contribution in [-0.2, 0) is 6.54 Å². The van der Waals surface area contributed by atoms with Crippen LogP contribution in [0.2, 0.25) is 0 Å². The maximum Gasteiger partial charge on any atom is 0.184 e. The fourth-order valence-electron chi connectivity index (χ4n) is 3.25. The van der Waals surface area contributed by atoms with Crippen molar-refractivity contribution in [1.29, 1.82) is 0 Å². The Balaban J connectivity index is 1.61. The zero-order chi connectivity index (χ0) is 19.9. The second kappa shape index (κ2) is 9.57. The van der Waals surface area contributed by atoms with Crippen molar-refractivity contribution in [3.63, 3.8) is 0 Å². The number of hydrazone groups is 1. The van der Waals surface area contributed by atoms with Crippen molar-refractivity contribution in [1.82, 2.24) is 10.3 Å². The highest BCUT2D eigenvalue weighted by atomic mass is 32.1. The fraction of sp³-hybridized carbons (Fsp3) is 0.300. The van der Waals surface area contributed by atoms with E-state index in [9.17, 15) is 8.78 Å². The molecule has 0 aromatic heterocycles. The predicted molar refractivity (Wildman–Crippen MR) is 112 cm³/mol. The molecule has 0 aliphatic carbocycles. The summed E-state index contributed by atoms with van der Waals surface area (Å²) in [6.07, 6.45) is 2.40. The van der Waals surface area contributed by atoms with Crippen molar-refractivity contribution in [2.75, 3.05) is 31.1 Å². The minimum Gasteiger partial charge on any atom is -0.375 e. The summed E-state index contributed by atoms with van der Waals surface area (Å²) in [4.78, 5) is 4.38. The topological polar surface area (TPSA) is 56.9 Å². The molecule has 0 radical (unpaired) electrons. The third-order valence-corrected chi connectivity index (χ3v) is 4.70. The second-order valence-corrected chi connectivity index (χ2v) is 7.13. The van der Waals surface area contributed by atoms with Crippen molar-refractivity contribution in [2.24, 2.45) is 10.8 Å². The summed E-state index contributed by atoms with van der Waals surface area (Å²) in [7, 11) is 0. The molecule has 1 aliphatic heterocycles. The van der Waals surface area contributed by atoms with Gasteiger partial charge in [0.25, 0.3) is 0 Å². The summed E-state index contributed by atoms with van der Waals surface area (Å²) >= 11 is 4.66. The van der Waals surface area contributed by atoms with Crippen molar-refractivity contribution >= 4 is 29.2 Å². The van der Waals surface area contributed by atoms with Gasteiger partial charge in [-0.15, -0.1) is 0 Å². The Morgan fingerprint density at radius 1 is 1.11 bits per heavy atom. The van der Waals surface area contributed by atoms with Gasteiger partial charge in [0, 0.05) is 32.7 Å². The molecule has 0 saturated carbocycles. The third kappa shape index (κ3) is 5.71. The smallest absolute Gasteiger partial charge is 0.184 e. The van der Waals surface area contributed by atoms with Gasteiger partial charge < -0.3 is 10.6 Å². The van der Waals surface area contributed by atoms with E-state index in [-0.39, 0.29) is 16.7 Å². The molecular formula is C20H23F2N5S. The Kier molecular flexibility index (Phi) is 6.89. The van der Waals surface area contributed by atoms with Crippen LogP contribution in [0.25, 0.3) is 0 Å². The van der Waals surface area contributed by atoms with E-state index in [1.54, 1.807) is 6.07 Å². The third-order valence-electron chi connectivity index (χ3n) is 4.61. The van der Waals surface area contributed by atoms with E-state index in [1.807, 2.05) is 18.2 Å². The SMILES string of the molecule is NC(=S)N/N=C/c1ccc(N2CCCN(Cc3ccc(F)cc3)CC2)c(F)c1. The maximum absolute atomic E-state index is 14.6. The zero-order valence-corrected chi connectivity index (χ0v) is 16.3. The Morgan fingerprint density at radius 3 is 2.61 bits per heavy atom. The van der Waals surface area contributed by atoms with E-state index in [2.05, 4.69) is 32.5 Å². The first-order chi connectivity index (χ1) is 13.5. The molecule has 1 heterocycles. The molecule has 0 amide bonds. The van der Waals surface area contributed by atoms with E-state index in [1.165, 1.54) is 24.4 Å². The average molecular weight is 404 g/mol. The number of halogens is 2. The van der Waals surface area contributed by atoms with Crippen LogP contribution in [0, 0.1) is 11.6 Å². The standard InChI is InChI=1S/C20H23F2N5S/c21-17-5-2-15(3-6-17)14-26-8-1-9-27(11-10-26)19-7-4-16(12-18(19)22)13-24-25-20(23)28/h2-7,12-13H,1,8-11,14H2,(H3,23,25,28)/b24-13+. The molecule has 2 aromatic rings. The summed E-state index contributed by atoms with van der Waals surface area (Å²) in [5.41, 5.74) is 10.0. The molecule has 8 heteroatoms. The molecule has 1 aliphatic rings. The fourth-order valence-corrected chi connectivity index (χ4v) is 3.30. The predicted octanol–water partition coefficient (Wildman–Crippen LogP) is 2.84. The number of rotatable bonds is 5. The lowest BCUT2D eigenvalue weighted by atomic mass is 10.2. The molecule has 2 aromatic carbocycles. The van der Waals surface area contributed by atoms with Crippen molar-refractivity contribution in [3.05, 3.63) is 65.2 Å². The highest BCUT2D eigenvalue weighted by molar-refractivity contribution is 7.80. The molecule has 3 N–H and O–H groups in total. The van der Waals surface area contributed by atoms with E-state index >= 15 is 0 Å². The Hall–Kier alpha value is -2.58. The summed E-state index contributed by atoms with van der Waals surface area (Å²) in [5.74, 6) is -0.512. The number of nitrogens with two attached hydrogens (primary N) is 1. The van der Waals surface area contributed by atoms with Crippen LogP contribution < -0.4 is 16.1 Å². The summed E-state index contributed by atoms with van der Waals surface area (Å²) in [6.45, 7) is 4.02. The minimum absolute atomic E-state index is 0.0584. The first-order valence-electron chi connectivity index (χ1n) is 9.11. The second-order valence-electron chi connectivity index (χ2n) is 6.69. The maximum atomic E-state index is 14.6. The number of benzene rings is 2. The molecule has 1 fully saturated rings. The molecule has 0 unspecified atom stereocenters. The lowest BCUT2D eigenvalue weighted by molar-refractivity contribution is 0.285. The largest absolute Gasteiger partial charge is 0.375 e. The van der Waals surface area contributed by atoms with Gasteiger partial charge in [-0.25, -0.2) is 8.78 Å². The summed E-state index contributed by atoms with van der Waals surface area (Å²) in [5, 5.41) is 3.90. The van der Waals surface area contributed by atoms with Crippen LogP contribution in [-0.4, -0.2) is 42.4 Å². The Labute approximate surface area is 168 Å². The van der Waals surface area contributed by atoms with Gasteiger partial charge in [0.2, 0.25) is 0 Å². The van der Waals surface area contributed by atoms with E-state index in [0.717, 1.165) is 44.7 Å². The van der Waals surface area contributed by atoms with Crippen molar-refractivity contribution < 1.29 is 8.78 Å². The van der Waals surface area contributed by atoms with E-state index in [0.29, 0.717) is 11.3 Å². The number of nitrogens with one attached hydrogen (secondary N) is 1. The lowest BCUT2D eigenvalue weighted by Gasteiger charge is -2.24. The zero-order valence-electron chi connectivity index (χ0n) is 15.4. The molecule has 0 spiro atoms. The number of nitrogens with zero attached hydrogens (tertiary/aromatic N) is 3. The number of thiocarbonyl (C=S) groups is 1. The Morgan fingerprint density at radius 2 is 1.89 bits per heavy atom. The van der Waals surface area contributed by atoms with Crippen LogP contribution in [0.3, 0.4) is 0 Å². The van der Waals surface area contributed by atoms with Crippen LogP contribution in [0.15, 0.2) is 47.6 Å². The number of hydrogen-bond acceptors (Lipinski definition) is 4. The molecule has 28 heavy (non-hydrogen) atoms. The molecule has 0 bridgehead atoms. The molecule has 5 nitrogen and oxygen atoms in total. The lowest BCUT2D eigenvalue weighted by Crippen LogP contribution is -2.31. The number of anilines is 1. The highest BCUT2D eigenvalue weighted by Gasteiger charge is 2.18. The molecule has 1 saturated heterocycles. The van der Waals surface area contributed by atoms with Crippen LogP contribution in [0.1, 0.15) is 17.5 Å². The van der Waals surface area contributed by atoms with Gasteiger partial charge in [0.05, 0.1) is 11.9 Å². The van der Waals surface area contributed by atoms with Crippen LogP contribution >= 0.6 is 12.2 Å². The van der Waals surface area contributed by atoms with Gasteiger partial charge in [-0.2, -0.15) is 5.10 Å². The van der Waals surface area contributed by atoms with Gasteiger partial charge >= 0.3 is 0 Å². The first kappa shape index (κ1) is 20.2. The van der Waals surface area contributed by atoms with Gasteiger partial charge in [0.15, 0.2) is 5.11 Å². The molecule has 148 valence electrons. The highest BCUT2D eigenvalue weighted by Crippen LogP contribution is 2.22. The van der Waals surface area contributed by atoms with Crippen molar-refractivity contribution in [3.8, 4) is 0 Å². The number of hydrogen-bond donors (Lipinski definition) is 2. The quantitative estimate of drug-likeness (QED) is 0.457. The summed E-state index contributed by atoms with van der Waals surface area (Å²) in [6, 6.07) is 11.6. The molecular weight excluding hydrogens is 380 g/mol. The minimum atomic E-state index is -0.286. The van der Waals surface area contributed by atoms with Crippen LogP contribution in [0.4, 0.5) is 14.5 Å². The van der Waals surface area contributed by atoms with Crippen molar-refractivity contribution in [2.45, 2.75) is 13.0 Å². The van der Waals surface area contributed by atoms with Gasteiger partial charge in [-0.1, -0.05) is 18.2 Å².